The lowest BCUT2D eigenvalue weighted by Crippen LogP contribution is -1.88. The Bertz CT molecular complexity index is 168. The Labute approximate surface area is 84.1 Å². The van der Waals surface area contributed by atoms with Crippen LogP contribution in [0.3, 0.4) is 0 Å². The number of allylic oxidation sites excluding steroid dienone is 6. The first kappa shape index (κ1) is 14.7. The zero-order valence-electron chi connectivity index (χ0n) is 9.96. The summed E-state index contributed by atoms with van der Waals surface area (Å²) < 4.78 is 0. The van der Waals surface area contributed by atoms with Gasteiger partial charge in [-0.15, -0.1) is 0 Å². The lowest BCUT2D eigenvalue weighted by molar-refractivity contribution is 0.791. The summed E-state index contributed by atoms with van der Waals surface area (Å²) >= 11 is 0. The normalized spacial score (nSPS) is 12.4. The van der Waals surface area contributed by atoms with Crippen LogP contribution < -0.4 is 0 Å². The van der Waals surface area contributed by atoms with E-state index in [1.807, 2.05) is 33.8 Å². The third-order valence-electron chi connectivity index (χ3n) is 1.51. The quantitative estimate of drug-likeness (QED) is 0.550. The Hall–Kier alpha value is -0.780. The molecule has 0 aromatic heterocycles. The fourth-order valence-electron chi connectivity index (χ4n) is 0.840. The number of hydrogen-bond acceptors (Lipinski definition) is 0. The molecule has 0 bridgehead atoms. The zero-order valence-corrected chi connectivity index (χ0v) is 9.96. The molecule has 0 aliphatic rings. The summed E-state index contributed by atoms with van der Waals surface area (Å²) in [7, 11) is 0. The summed E-state index contributed by atoms with van der Waals surface area (Å²) in [5, 5.41) is 0. The fourth-order valence-corrected chi connectivity index (χ4v) is 0.840. The van der Waals surface area contributed by atoms with E-state index in [0.29, 0.717) is 5.92 Å². The molecule has 0 saturated carbocycles. The summed E-state index contributed by atoms with van der Waals surface area (Å²) in [4.78, 5) is 0. The highest BCUT2D eigenvalue weighted by Crippen LogP contribution is 2.10. The summed E-state index contributed by atoms with van der Waals surface area (Å²) in [6, 6.07) is 0. The SMILES string of the molecule is CC.C\C=C/C(=C\C=C\C)C(C)C. The van der Waals surface area contributed by atoms with Gasteiger partial charge in [-0.3, -0.25) is 0 Å². The van der Waals surface area contributed by atoms with Crippen LogP contribution >= 0.6 is 0 Å². The van der Waals surface area contributed by atoms with E-state index in [0.717, 1.165) is 0 Å². The van der Waals surface area contributed by atoms with E-state index in [-0.39, 0.29) is 0 Å². The Morgan fingerprint density at radius 3 is 1.85 bits per heavy atom. The molecule has 0 saturated heterocycles. The van der Waals surface area contributed by atoms with Crippen molar-refractivity contribution in [3.05, 3.63) is 36.0 Å². The van der Waals surface area contributed by atoms with Gasteiger partial charge in [-0.1, -0.05) is 58.1 Å². The minimum atomic E-state index is 0.613. The second-order valence-corrected chi connectivity index (χ2v) is 2.85. The number of hydrogen-bond donors (Lipinski definition) is 0. The largest absolute Gasteiger partial charge is 0.0877 e. The average Bonchev–Trinajstić information content (AvgIpc) is 2.15. The Kier molecular flexibility index (Phi) is 12.7. The van der Waals surface area contributed by atoms with E-state index in [4.69, 9.17) is 0 Å². The van der Waals surface area contributed by atoms with Gasteiger partial charge >= 0.3 is 0 Å². The van der Waals surface area contributed by atoms with Crippen LogP contribution in [-0.2, 0) is 0 Å². The molecule has 0 aliphatic heterocycles. The highest BCUT2D eigenvalue weighted by Gasteiger charge is 1.95. The molecule has 0 radical (unpaired) electrons. The van der Waals surface area contributed by atoms with E-state index in [1.165, 1.54) is 5.57 Å². The van der Waals surface area contributed by atoms with Gasteiger partial charge in [-0.25, -0.2) is 0 Å². The standard InChI is InChI=1S/C11H18.C2H6/c1-5-7-9-11(8-6-2)10(3)4;1-2/h5-10H,1-4H3;1-2H3/b7-5+,8-6-,11-9+;. The van der Waals surface area contributed by atoms with Crippen molar-refractivity contribution < 1.29 is 0 Å². The minimum absolute atomic E-state index is 0.613. The van der Waals surface area contributed by atoms with Crippen LogP contribution in [0.1, 0.15) is 41.5 Å². The molecule has 0 aromatic rings. The molecule has 13 heavy (non-hydrogen) atoms. The molecule has 0 unspecified atom stereocenters. The highest BCUT2D eigenvalue weighted by atomic mass is 14.0. The van der Waals surface area contributed by atoms with Gasteiger partial charge in [0, 0.05) is 0 Å². The van der Waals surface area contributed by atoms with Crippen molar-refractivity contribution in [3.63, 3.8) is 0 Å². The average molecular weight is 180 g/mol. The molecule has 0 fully saturated rings. The molecule has 0 aromatic carbocycles. The molecule has 0 amide bonds. The van der Waals surface area contributed by atoms with Crippen molar-refractivity contribution in [3.8, 4) is 0 Å². The predicted molar refractivity (Wildman–Crippen MR) is 63.9 cm³/mol. The van der Waals surface area contributed by atoms with Gasteiger partial charge in [0.25, 0.3) is 0 Å². The van der Waals surface area contributed by atoms with Gasteiger partial charge < -0.3 is 0 Å². The molecule has 0 atom stereocenters. The van der Waals surface area contributed by atoms with Gasteiger partial charge in [0.05, 0.1) is 0 Å². The van der Waals surface area contributed by atoms with Crippen molar-refractivity contribution in [2.24, 2.45) is 5.92 Å². The third kappa shape index (κ3) is 9.13. The van der Waals surface area contributed by atoms with E-state index < -0.39 is 0 Å². The lowest BCUT2D eigenvalue weighted by atomic mass is 10.0. The van der Waals surface area contributed by atoms with Crippen molar-refractivity contribution in [2.45, 2.75) is 41.5 Å². The van der Waals surface area contributed by atoms with Crippen LogP contribution in [-0.4, -0.2) is 0 Å². The summed E-state index contributed by atoms with van der Waals surface area (Å²) in [5.74, 6) is 0.613. The second kappa shape index (κ2) is 11.2. The molecule has 0 aliphatic carbocycles. The van der Waals surface area contributed by atoms with E-state index in [2.05, 4.69) is 38.2 Å². The van der Waals surface area contributed by atoms with Crippen LogP contribution in [0.25, 0.3) is 0 Å². The molecule has 0 spiro atoms. The van der Waals surface area contributed by atoms with Gasteiger partial charge in [0.15, 0.2) is 0 Å². The van der Waals surface area contributed by atoms with Crippen molar-refractivity contribution >= 4 is 0 Å². The predicted octanol–water partition coefficient (Wildman–Crippen LogP) is 4.75. The topological polar surface area (TPSA) is 0 Å². The van der Waals surface area contributed by atoms with Crippen LogP contribution in [0.4, 0.5) is 0 Å². The van der Waals surface area contributed by atoms with E-state index in [9.17, 15) is 0 Å². The van der Waals surface area contributed by atoms with Crippen molar-refractivity contribution in [2.75, 3.05) is 0 Å². The van der Waals surface area contributed by atoms with Crippen molar-refractivity contribution in [1.29, 1.82) is 0 Å². The summed E-state index contributed by atoms with van der Waals surface area (Å²) in [6.07, 6.45) is 10.5. The Balaban J connectivity index is 0. The molecular formula is C13H24. The molecule has 0 nitrogen and oxygen atoms in total. The van der Waals surface area contributed by atoms with Crippen LogP contribution in [0.5, 0.6) is 0 Å². The van der Waals surface area contributed by atoms with Crippen molar-refractivity contribution in [1.82, 2.24) is 0 Å². The molecular weight excluding hydrogens is 156 g/mol. The fraction of sp³-hybridized carbons (Fsp3) is 0.538. The number of rotatable bonds is 3. The van der Waals surface area contributed by atoms with Crippen LogP contribution in [0.15, 0.2) is 36.0 Å². The van der Waals surface area contributed by atoms with Gasteiger partial charge in [-0.2, -0.15) is 0 Å². The summed E-state index contributed by atoms with van der Waals surface area (Å²) in [5.41, 5.74) is 1.38. The molecule has 0 rings (SSSR count). The molecule has 0 heterocycles. The van der Waals surface area contributed by atoms with Gasteiger partial charge in [-0.05, 0) is 25.3 Å². The molecule has 76 valence electrons. The second-order valence-electron chi connectivity index (χ2n) is 2.85. The van der Waals surface area contributed by atoms with Crippen LogP contribution in [0.2, 0.25) is 0 Å². The molecule has 0 heteroatoms. The first-order valence-corrected chi connectivity index (χ1v) is 5.18. The van der Waals surface area contributed by atoms with Gasteiger partial charge in [0.1, 0.15) is 0 Å². The first-order chi connectivity index (χ1) is 6.22. The monoisotopic (exact) mass is 180 g/mol. The lowest BCUT2D eigenvalue weighted by Gasteiger charge is -2.03. The Morgan fingerprint density at radius 2 is 1.54 bits per heavy atom. The smallest absolute Gasteiger partial charge is 0.0219 e. The first-order valence-electron chi connectivity index (χ1n) is 5.18. The maximum Gasteiger partial charge on any atom is -0.0219 e. The van der Waals surface area contributed by atoms with E-state index >= 15 is 0 Å². The van der Waals surface area contributed by atoms with Crippen LogP contribution in [0, 0.1) is 5.92 Å². The third-order valence-corrected chi connectivity index (χ3v) is 1.51. The minimum Gasteiger partial charge on any atom is -0.0877 e. The highest BCUT2D eigenvalue weighted by molar-refractivity contribution is 5.24. The Morgan fingerprint density at radius 1 is 1.00 bits per heavy atom. The zero-order chi connectivity index (χ0) is 10.7. The molecule has 0 N–H and O–H groups in total. The maximum absolute atomic E-state index is 2.20. The maximum atomic E-state index is 2.20. The summed E-state index contributed by atoms with van der Waals surface area (Å²) in [6.45, 7) is 12.5. The van der Waals surface area contributed by atoms with E-state index in [1.54, 1.807) is 0 Å². The van der Waals surface area contributed by atoms with Gasteiger partial charge in [0.2, 0.25) is 0 Å².